The molecule has 2 aliphatic heterocycles. The molecule has 0 bridgehead atoms. The van der Waals surface area contributed by atoms with Crippen LogP contribution in [-0.2, 0) is 4.79 Å². The van der Waals surface area contributed by atoms with E-state index in [9.17, 15) is 4.79 Å². The normalized spacial score (nSPS) is 32.2. The molecule has 2 atom stereocenters. The van der Waals surface area contributed by atoms with Crippen molar-refractivity contribution >= 4 is 5.91 Å². The molecule has 13 heavy (non-hydrogen) atoms. The van der Waals surface area contributed by atoms with E-state index in [1.165, 1.54) is 0 Å². The molecule has 1 fully saturated rings. The summed E-state index contributed by atoms with van der Waals surface area (Å²) < 4.78 is 0. The molecule has 2 aliphatic rings. The molecule has 0 aromatic rings. The Morgan fingerprint density at radius 1 is 1.46 bits per heavy atom. The lowest BCUT2D eigenvalue weighted by molar-refractivity contribution is -0.134. The number of rotatable bonds is 0. The highest BCUT2D eigenvalue weighted by Crippen LogP contribution is 2.24. The molecular weight excluding hydrogens is 164 g/mol. The van der Waals surface area contributed by atoms with Crippen LogP contribution in [0.4, 0.5) is 0 Å². The Labute approximate surface area is 79.0 Å². The smallest absolute Gasteiger partial charge is 0.219 e. The zero-order chi connectivity index (χ0) is 9.42. The van der Waals surface area contributed by atoms with Gasteiger partial charge in [0.05, 0.1) is 6.04 Å². The maximum atomic E-state index is 11.3. The van der Waals surface area contributed by atoms with Crippen LogP contribution < -0.4 is 0 Å². The molecule has 0 radical (unpaired) electrons. The summed E-state index contributed by atoms with van der Waals surface area (Å²) >= 11 is 0. The van der Waals surface area contributed by atoms with Crippen molar-refractivity contribution in [1.82, 2.24) is 9.80 Å². The van der Waals surface area contributed by atoms with Crippen molar-refractivity contribution in [1.29, 1.82) is 0 Å². The maximum Gasteiger partial charge on any atom is 0.219 e. The minimum absolute atomic E-state index is 0.207. The number of hydrogen-bond donors (Lipinski definition) is 0. The third-order valence-electron chi connectivity index (χ3n) is 3.15. The summed E-state index contributed by atoms with van der Waals surface area (Å²) in [4.78, 5) is 15.6. The summed E-state index contributed by atoms with van der Waals surface area (Å²) in [5, 5.41) is 0. The van der Waals surface area contributed by atoms with E-state index in [1.54, 1.807) is 6.92 Å². The highest BCUT2D eigenvalue weighted by molar-refractivity contribution is 5.73. The van der Waals surface area contributed by atoms with E-state index < -0.39 is 0 Å². The summed E-state index contributed by atoms with van der Waals surface area (Å²) in [6, 6.07) is 0.888. The van der Waals surface area contributed by atoms with E-state index >= 15 is 0 Å². The number of hydrogen-bond acceptors (Lipinski definition) is 2. The van der Waals surface area contributed by atoms with Crippen LogP contribution in [0.5, 0.6) is 0 Å². The Kier molecular flexibility index (Phi) is 2.02. The molecule has 0 N–H and O–H groups in total. The fourth-order valence-corrected chi connectivity index (χ4v) is 2.37. The molecule has 3 nitrogen and oxygen atoms in total. The average molecular weight is 180 g/mol. The molecule has 0 aromatic carbocycles. The quantitative estimate of drug-likeness (QED) is 0.551. The number of piperazine rings is 1. The molecule has 2 heterocycles. The van der Waals surface area contributed by atoms with Crippen molar-refractivity contribution in [3.63, 3.8) is 0 Å². The minimum Gasteiger partial charge on any atom is -0.371 e. The highest BCUT2D eigenvalue weighted by atomic mass is 16.2. The van der Waals surface area contributed by atoms with Crippen LogP contribution >= 0.6 is 0 Å². The third kappa shape index (κ3) is 1.32. The summed E-state index contributed by atoms with van der Waals surface area (Å²) in [6.07, 6.45) is 5.45. The van der Waals surface area contributed by atoms with Crippen molar-refractivity contribution in [2.75, 3.05) is 13.1 Å². The van der Waals surface area contributed by atoms with Gasteiger partial charge in [-0.05, 0) is 19.5 Å². The van der Waals surface area contributed by atoms with Crippen LogP contribution in [0, 0.1) is 0 Å². The molecule has 0 aromatic heterocycles. The summed E-state index contributed by atoms with van der Waals surface area (Å²) in [6.45, 7) is 5.67. The van der Waals surface area contributed by atoms with E-state index in [0.29, 0.717) is 12.1 Å². The van der Waals surface area contributed by atoms with Crippen LogP contribution in [-0.4, -0.2) is 40.9 Å². The molecule has 1 saturated heterocycles. The van der Waals surface area contributed by atoms with Crippen LogP contribution in [0.25, 0.3) is 0 Å². The third-order valence-corrected chi connectivity index (χ3v) is 3.15. The van der Waals surface area contributed by atoms with E-state index in [0.717, 1.165) is 19.5 Å². The van der Waals surface area contributed by atoms with Gasteiger partial charge in [-0.25, -0.2) is 0 Å². The van der Waals surface area contributed by atoms with Gasteiger partial charge in [0.25, 0.3) is 0 Å². The SMILES string of the molecule is CC(=O)N1CCN2C=CCC2C1C. The molecule has 2 unspecified atom stereocenters. The van der Waals surface area contributed by atoms with E-state index in [-0.39, 0.29) is 5.91 Å². The van der Waals surface area contributed by atoms with Gasteiger partial charge in [0.2, 0.25) is 5.91 Å². The van der Waals surface area contributed by atoms with Gasteiger partial charge in [0.1, 0.15) is 0 Å². The maximum absolute atomic E-state index is 11.3. The van der Waals surface area contributed by atoms with Gasteiger partial charge in [-0.15, -0.1) is 0 Å². The molecule has 3 heteroatoms. The summed E-state index contributed by atoms with van der Waals surface area (Å²) in [7, 11) is 0. The Balaban J connectivity index is 2.10. The van der Waals surface area contributed by atoms with Crippen LogP contribution in [0.2, 0.25) is 0 Å². The van der Waals surface area contributed by atoms with Crippen LogP contribution in [0.15, 0.2) is 12.3 Å². The second kappa shape index (κ2) is 3.05. The molecule has 2 rings (SSSR count). The lowest BCUT2D eigenvalue weighted by Crippen LogP contribution is -2.56. The van der Waals surface area contributed by atoms with Crippen molar-refractivity contribution in [2.24, 2.45) is 0 Å². The van der Waals surface area contributed by atoms with E-state index in [2.05, 4.69) is 24.1 Å². The van der Waals surface area contributed by atoms with Gasteiger partial charge in [-0.3, -0.25) is 4.79 Å². The van der Waals surface area contributed by atoms with E-state index in [1.807, 2.05) is 4.90 Å². The average Bonchev–Trinajstić information content (AvgIpc) is 2.52. The van der Waals surface area contributed by atoms with Crippen LogP contribution in [0.3, 0.4) is 0 Å². The van der Waals surface area contributed by atoms with Crippen molar-refractivity contribution in [3.05, 3.63) is 12.3 Å². The van der Waals surface area contributed by atoms with Gasteiger partial charge in [0.15, 0.2) is 0 Å². The topological polar surface area (TPSA) is 23.6 Å². The molecule has 0 aliphatic carbocycles. The molecule has 0 saturated carbocycles. The predicted octanol–water partition coefficient (Wildman–Crippen LogP) is 0.825. The van der Waals surface area contributed by atoms with Gasteiger partial charge >= 0.3 is 0 Å². The molecule has 72 valence electrons. The Bertz CT molecular complexity index is 249. The second-order valence-corrected chi connectivity index (χ2v) is 3.88. The standard InChI is InChI=1S/C10H16N2O/c1-8-10-4-3-5-11(10)6-7-12(8)9(2)13/h3,5,8,10H,4,6-7H2,1-2H3. The largest absolute Gasteiger partial charge is 0.371 e. The fraction of sp³-hybridized carbons (Fsp3) is 0.700. The van der Waals surface area contributed by atoms with Crippen molar-refractivity contribution in [2.45, 2.75) is 32.4 Å². The first-order valence-electron chi connectivity index (χ1n) is 4.90. The zero-order valence-corrected chi connectivity index (χ0v) is 8.23. The number of carbonyl (C=O) groups excluding carboxylic acids is 1. The first kappa shape index (κ1) is 8.60. The molecule has 0 spiro atoms. The Morgan fingerprint density at radius 3 is 2.92 bits per heavy atom. The Morgan fingerprint density at radius 2 is 2.23 bits per heavy atom. The highest BCUT2D eigenvalue weighted by Gasteiger charge is 2.34. The Hall–Kier alpha value is -0.990. The van der Waals surface area contributed by atoms with Crippen molar-refractivity contribution in [3.8, 4) is 0 Å². The number of fused-ring (bicyclic) bond motifs is 1. The van der Waals surface area contributed by atoms with Gasteiger partial charge in [-0.1, -0.05) is 6.08 Å². The van der Waals surface area contributed by atoms with Gasteiger partial charge in [-0.2, -0.15) is 0 Å². The number of amides is 1. The lowest BCUT2D eigenvalue weighted by atomic mass is 10.0. The van der Waals surface area contributed by atoms with Crippen LogP contribution in [0.1, 0.15) is 20.3 Å². The number of nitrogens with zero attached hydrogens (tertiary/aromatic N) is 2. The molecular formula is C10H16N2O. The summed E-state index contributed by atoms with van der Waals surface area (Å²) in [5.74, 6) is 0.207. The van der Waals surface area contributed by atoms with Gasteiger partial charge < -0.3 is 9.80 Å². The molecule has 1 amide bonds. The summed E-state index contributed by atoms with van der Waals surface area (Å²) in [5.41, 5.74) is 0. The first-order valence-corrected chi connectivity index (χ1v) is 4.90. The van der Waals surface area contributed by atoms with E-state index in [4.69, 9.17) is 0 Å². The second-order valence-electron chi connectivity index (χ2n) is 3.88. The minimum atomic E-state index is 0.207. The van der Waals surface area contributed by atoms with Gasteiger partial charge in [0, 0.05) is 26.1 Å². The predicted molar refractivity (Wildman–Crippen MR) is 51.1 cm³/mol. The monoisotopic (exact) mass is 180 g/mol. The first-order chi connectivity index (χ1) is 6.20. The van der Waals surface area contributed by atoms with Crippen molar-refractivity contribution < 1.29 is 4.79 Å². The fourth-order valence-electron chi connectivity index (χ4n) is 2.37. The lowest BCUT2D eigenvalue weighted by Gasteiger charge is -2.43. The zero-order valence-electron chi connectivity index (χ0n) is 8.23. The number of carbonyl (C=O) groups is 1.